The van der Waals surface area contributed by atoms with Crippen LogP contribution in [0.3, 0.4) is 0 Å². The van der Waals surface area contributed by atoms with Crippen molar-refractivity contribution in [2.45, 2.75) is 46.5 Å². The Morgan fingerprint density at radius 2 is 2.05 bits per heavy atom. The maximum Gasteiger partial charge on any atom is 0.335 e. The van der Waals surface area contributed by atoms with Gasteiger partial charge in [0.1, 0.15) is 5.82 Å². The van der Waals surface area contributed by atoms with Crippen LogP contribution in [-0.4, -0.2) is 22.6 Å². The molecule has 4 heteroatoms. The van der Waals surface area contributed by atoms with Crippen molar-refractivity contribution in [3.63, 3.8) is 0 Å². The number of aromatic nitrogens is 1. The first-order valence-corrected chi connectivity index (χ1v) is 6.73. The van der Waals surface area contributed by atoms with Crippen molar-refractivity contribution in [1.29, 1.82) is 0 Å². The molecular formula is C15H24N2O2. The van der Waals surface area contributed by atoms with E-state index < -0.39 is 5.97 Å². The Morgan fingerprint density at radius 1 is 1.42 bits per heavy atom. The highest BCUT2D eigenvalue weighted by Gasteiger charge is 2.19. The summed E-state index contributed by atoms with van der Waals surface area (Å²) in [6.45, 7) is 11.2. The van der Waals surface area contributed by atoms with Gasteiger partial charge in [0.25, 0.3) is 0 Å². The Labute approximate surface area is 115 Å². The molecule has 1 heterocycles. The molecule has 0 radical (unpaired) electrons. The van der Waals surface area contributed by atoms with Gasteiger partial charge in [-0.15, -0.1) is 0 Å². The van der Waals surface area contributed by atoms with E-state index >= 15 is 0 Å². The number of rotatable bonds is 5. The van der Waals surface area contributed by atoms with Gasteiger partial charge in [-0.3, -0.25) is 0 Å². The molecule has 1 rings (SSSR count). The molecule has 4 nitrogen and oxygen atoms in total. The maximum absolute atomic E-state index is 11.2. The van der Waals surface area contributed by atoms with Gasteiger partial charge >= 0.3 is 5.97 Å². The van der Waals surface area contributed by atoms with Crippen molar-refractivity contribution in [3.8, 4) is 0 Å². The van der Waals surface area contributed by atoms with E-state index in [0.717, 1.165) is 18.7 Å². The van der Waals surface area contributed by atoms with E-state index in [4.69, 9.17) is 5.11 Å². The zero-order valence-corrected chi connectivity index (χ0v) is 12.4. The summed E-state index contributed by atoms with van der Waals surface area (Å²) in [4.78, 5) is 15.7. The maximum atomic E-state index is 11.2. The first-order chi connectivity index (χ1) is 8.74. The highest BCUT2D eigenvalue weighted by molar-refractivity contribution is 5.88. The van der Waals surface area contributed by atoms with Gasteiger partial charge in [0.15, 0.2) is 0 Å². The quantitative estimate of drug-likeness (QED) is 0.854. The van der Waals surface area contributed by atoms with Gasteiger partial charge in [-0.25, -0.2) is 9.78 Å². The molecule has 1 aromatic heterocycles. The predicted octanol–water partition coefficient (Wildman–Crippen LogP) is 3.54. The third-order valence-corrected chi connectivity index (χ3v) is 3.17. The summed E-state index contributed by atoms with van der Waals surface area (Å²) in [5.74, 6) is 0.262. The first-order valence-electron chi connectivity index (χ1n) is 6.73. The molecular weight excluding hydrogens is 240 g/mol. The minimum Gasteiger partial charge on any atom is -0.478 e. The van der Waals surface area contributed by atoms with Crippen LogP contribution in [0.5, 0.6) is 0 Å². The van der Waals surface area contributed by atoms with E-state index in [1.807, 2.05) is 20.8 Å². The molecule has 1 atom stereocenters. The fourth-order valence-electron chi connectivity index (χ4n) is 1.55. The van der Waals surface area contributed by atoms with Crippen molar-refractivity contribution >= 4 is 11.8 Å². The summed E-state index contributed by atoms with van der Waals surface area (Å²) in [6.07, 6.45) is 1.08. The number of nitrogens with one attached hydrogen (secondary N) is 1. The summed E-state index contributed by atoms with van der Waals surface area (Å²) < 4.78 is 0. The van der Waals surface area contributed by atoms with Crippen LogP contribution in [0, 0.1) is 5.92 Å². The topological polar surface area (TPSA) is 62.2 Å². The van der Waals surface area contributed by atoms with Crippen molar-refractivity contribution in [2.24, 2.45) is 5.92 Å². The molecule has 0 aliphatic carbocycles. The summed E-state index contributed by atoms with van der Waals surface area (Å²) in [7, 11) is 0. The highest BCUT2D eigenvalue weighted by atomic mass is 16.4. The number of aromatic carboxylic acids is 1. The number of nitrogens with zero attached hydrogens (tertiary/aromatic N) is 1. The molecule has 0 saturated heterocycles. The number of carboxylic acid groups (broad SMARTS) is 1. The lowest BCUT2D eigenvalue weighted by molar-refractivity contribution is 0.0696. The van der Waals surface area contributed by atoms with Gasteiger partial charge in [0.2, 0.25) is 0 Å². The van der Waals surface area contributed by atoms with Crippen LogP contribution < -0.4 is 5.32 Å². The molecule has 0 fully saturated rings. The molecule has 0 aliphatic heterocycles. The van der Waals surface area contributed by atoms with Gasteiger partial charge in [0.05, 0.1) is 5.56 Å². The molecule has 0 saturated carbocycles. The van der Waals surface area contributed by atoms with E-state index in [9.17, 15) is 4.79 Å². The van der Waals surface area contributed by atoms with Crippen LogP contribution in [0.1, 0.15) is 57.1 Å². The Kier molecular flexibility index (Phi) is 4.92. The van der Waals surface area contributed by atoms with Gasteiger partial charge in [-0.2, -0.15) is 0 Å². The number of hydrogen-bond donors (Lipinski definition) is 2. The predicted molar refractivity (Wildman–Crippen MR) is 77.8 cm³/mol. The van der Waals surface area contributed by atoms with Gasteiger partial charge < -0.3 is 10.4 Å². The molecule has 0 amide bonds. The number of hydrogen-bond acceptors (Lipinski definition) is 3. The van der Waals surface area contributed by atoms with Gasteiger partial charge in [-0.05, 0) is 18.1 Å². The van der Waals surface area contributed by atoms with Gasteiger partial charge in [-0.1, -0.05) is 41.0 Å². The smallest absolute Gasteiger partial charge is 0.335 e. The van der Waals surface area contributed by atoms with Gasteiger partial charge in [0, 0.05) is 17.7 Å². The number of pyridine rings is 1. The highest BCUT2D eigenvalue weighted by Crippen LogP contribution is 2.23. The number of anilines is 1. The average molecular weight is 264 g/mol. The van der Waals surface area contributed by atoms with Crippen LogP contribution in [0.25, 0.3) is 0 Å². The Balaban J connectivity index is 3.03. The summed E-state index contributed by atoms with van der Waals surface area (Å²) in [5, 5.41) is 12.4. The molecule has 1 unspecified atom stereocenters. The van der Waals surface area contributed by atoms with Crippen LogP contribution in [0.2, 0.25) is 0 Å². The summed E-state index contributed by atoms with van der Waals surface area (Å²) >= 11 is 0. The van der Waals surface area contributed by atoms with E-state index in [1.165, 1.54) is 0 Å². The third kappa shape index (κ3) is 4.54. The molecule has 0 spiro atoms. The Bertz CT molecular complexity index is 450. The number of carboxylic acids is 1. The Hall–Kier alpha value is -1.58. The monoisotopic (exact) mass is 264 g/mol. The molecule has 0 bridgehead atoms. The Morgan fingerprint density at radius 3 is 2.53 bits per heavy atom. The van der Waals surface area contributed by atoms with E-state index in [2.05, 4.69) is 24.1 Å². The van der Waals surface area contributed by atoms with E-state index in [0.29, 0.717) is 11.7 Å². The van der Waals surface area contributed by atoms with Crippen LogP contribution in [0.15, 0.2) is 12.1 Å². The van der Waals surface area contributed by atoms with Crippen molar-refractivity contribution in [3.05, 3.63) is 23.4 Å². The van der Waals surface area contributed by atoms with Crippen molar-refractivity contribution in [2.75, 3.05) is 11.9 Å². The third-order valence-electron chi connectivity index (χ3n) is 3.17. The zero-order valence-electron chi connectivity index (χ0n) is 12.4. The second kappa shape index (κ2) is 6.04. The second-order valence-corrected chi connectivity index (χ2v) is 6.08. The van der Waals surface area contributed by atoms with Crippen LogP contribution in [0.4, 0.5) is 5.82 Å². The fraction of sp³-hybridized carbons (Fsp3) is 0.600. The second-order valence-electron chi connectivity index (χ2n) is 6.08. The zero-order chi connectivity index (χ0) is 14.6. The average Bonchev–Trinajstić information content (AvgIpc) is 2.34. The molecule has 106 valence electrons. The minimum absolute atomic E-state index is 0.168. The lowest BCUT2D eigenvalue weighted by Crippen LogP contribution is -2.18. The van der Waals surface area contributed by atoms with Crippen LogP contribution in [-0.2, 0) is 5.41 Å². The molecule has 1 aromatic rings. The molecule has 0 aromatic carbocycles. The number of carbonyl (C=O) groups is 1. The lowest BCUT2D eigenvalue weighted by Gasteiger charge is -2.20. The van der Waals surface area contributed by atoms with E-state index in [1.54, 1.807) is 12.1 Å². The minimum atomic E-state index is -0.917. The molecule has 2 N–H and O–H groups in total. The molecule has 19 heavy (non-hydrogen) atoms. The van der Waals surface area contributed by atoms with Crippen molar-refractivity contribution in [1.82, 2.24) is 4.98 Å². The lowest BCUT2D eigenvalue weighted by atomic mass is 9.90. The first kappa shape index (κ1) is 15.5. The fourth-order valence-corrected chi connectivity index (χ4v) is 1.55. The largest absolute Gasteiger partial charge is 0.478 e. The normalized spacial score (nSPS) is 13.1. The molecule has 0 aliphatic rings. The summed E-state index contributed by atoms with van der Waals surface area (Å²) in [6, 6.07) is 3.25. The van der Waals surface area contributed by atoms with Crippen LogP contribution >= 0.6 is 0 Å². The summed E-state index contributed by atoms with van der Waals surface area (Å²) in [5.41, 5.74) is 0.906. The SMILES string of the molecule is CCC(C)CNc1cc(C(=O)O)cc(C(C)(C)C)n1. The van der Waals surface area contributed by atoms with E-state index in [-0.39, 0.29) is 11.0 Å². The van der Waals surface area contributed by atoms with Crippen molar-refractivity contribution < 1.29 is 9.90 Å². The standard InChI is InChI=1S/C15H24N2O2/c1-6-10(2)9-16-13-8-11(14(18)19)7-12(17-13)15(3,4)5/h7-8,10H,6,9H2,1-5H3,(H,16,17)(H,18,19).